The predicted molar refractivity (Wildman–Crippen MR) is 42.4 cm³/mol. The minimum absolute atomic E-state index is 0. The molecule has 0 unspecified atom stereocenters. The van der Waals surface area contributed by atoms with Crippen LogP contribution in [0.15, 0.2) is 0 Å². The fraction of sp³-hybridized carbons (Fsp3) is 1.00. The van der Waals surface area contributed by atoms with Crippen LogP contribution >= 0.6 is 0 Å². The molecular weight excluding hydrogens is 175 g/mol. The van der Waals surface area contributed by atoms with E-state index in [0.29, 0.717) is 0 Å². The Labute approximate surface area is 76.6 Å². The molecule has 3 nitrogen and oxygen atoms in total. The van der Waals surface area contributed by atoms with Crippen LogP contribution in [0.2, 0.25) is 0 Å². The molecule has 0 spiro atoms. The zero-order chi connectivity index (χ0) is 6.00. The first-order valence-corrected chi connectivity index (χ1v) is 1.30. The zero-order valence-corrected chi connectivity index (χ0v) is 5.86. The van der Waals surface area contributed by atoms with Crippen LogP contribution < -0.4 is 5.11 Å². The summed E-state index contributed by atoms with van der Waals surface area (Å²) >= 11 is 0. The van der Waals surface area contributed by atoms with Crippen molar-refractivity contribution in [1.82, 2.24) is 0 Å². The van der Waals surface area contributed by atoms with Gasteiger partial charge in [-0.3, -0.25) is 0 Å². The molecule has 0 saturated heterocycles. The van der Waals surface area contributed by atoms with Gasteiger partial charge in [-0.2, -0.15) is 7.11 Å². The Morgan fingerprint density at radius 3 is 0.700 bits per heavy atom. The van der Waals surface area contributed by atoms with Crippen LogP contribution in [0.1, 0.15) is 22.3 Å². The summed E-state index contributed by atoms with van der Waals surface area (Å²) in [6, 6.07) is 0. The minimum atomic E-state index is 0. The quantitative estimate of drug-likeness (QED) is 0.542. The molecule has 2 N–H and O–H groups in total. The van der Waals surface area contributed by atoms with Gasteiger partial charge in [0.25, 0.3) is 0 Å². The van der Waals surface area contributed by atoms with Crippen LogP contribution in [-0.4, -0.2) is 31.5 Å². The van der Waals surface area contributed by atoms with Crippen molar-refractivity contribution in [2.45, 2.75) is 22.3 Å². The number of hydrogen-bond donors (Lipinski definition) is 2. The van der Waals surface area contributed by atoms with Crippen molar-refractivity contribution in [2.24, 2.45) is 0 Å². The molecule has 0 bridgehead atoms. The second kappa shape index (κ2) is 4160. The Balaban J connectivity index is -0.00000000225. The molecule has 0 saturated carbocycles. The van der Waals surface area contributed by atoms with E-state index < -0.39 is 0 Å². The van der Waals surface area contributed by atoms with Crippen LogP contribution in [0.5, 0.6) is 0 Å². The molecule has 0 aliphatic heterocycles. The summed E-state index contributed by atoms with van der Waals surface area (Å²) in [5.74, 6) is 0. The molecule has 4 heteroatoms. The van der Waals surface area contributed by atoms with Crippen LogP contribution in [0.25, 0.3) is 0 Å². The molecule has 73 valence electrons. The molecule has 0 aromatic rings. The van der Waals surface area contributed by atoms with Gasteiger partial charge in [0.05, 0.1) is 0 Å². The van der Waals surface area contributed by atoms with Crippen molar-refractivity contribution in [1.29, 1.82) is 0 Å². The van der Waals surface area contributed by atoms with E-state index in [1.165, 1.54) is 0 Å². The van der Waals surface area contributed by atoms with Crippen molar-refractivity contribution < 1.29 is 32.4 Å². The average Bonchev–Trinajstić information content (AvgIpc) is 1.81. The first-order valence-electron chi connectivity index (χ1n) is 1.30. The van der Waals surface area contributed by atoms with E-state index in [0.717, 1.165) is 21.3 Å². The maximum atomic E-state index is 8.25. The second-order valence-electron chi connectivity index (χ2n) is 0. The maximum absolute atomic E-state index is 8.25. The van der Waals surface area contributed by atoms with E-state index in [2.05, 4.69) is 0 Å². The van der Waals surface area contributed by atoms with Gasteiger partial charge in [-0.1, -0.05) is 22.3 Å². The monoisotopic (exact) mass is 198 g/mol. The van der Waals surface area contributed by atoms with Gasteiger partial charge in [0.2, 0.25) is 0 Å². The Hall–Kier alpha value is 0.399. The zero-order valence-electron chi connectivity index (χ0n) is 4.68. The molecule has 10 heavy (non-hydrogen) atoms. The molecule has 1 radical (unpaired) electrons. The topological polar surface area (TPSA) is 63.5 Å². The standard InChI is InChI=1S/2CH4O.CH3O.3CH4.Mn/c3*1-2;;;;/h2*2H,1H3;1H3;3*1H4;/q;;-1;;;;. The van der Waals surface area contributed by atoms with Gasteiger partial charge in [-0.15, -0.1) is 0 Å². The molecular formula is C6H23MnO3-. The smallest absolute Gasteiger partial charge is 0.0319 e. The number of hydrogen-bond acceptors (Lipinski definition) is 3. The van der Waals surface area contributed by atoms with Crippen molar-refractivity contribution in [3.8, 4) is 0 Å². The van der Waals surface area contributed by atoms with E-state index in [-0.39, 0.29) is 39.3 Å². The molecule has 0 heterocycles. The second-order valence-corrected chi connectivity index (χ2v) is 0. The normalized spacial score (nSPS) is 1.80. The fourth-order valence-electron chi connectivity index (χ4n) is 0. The summed E-state index contributed by atoms with van der Waals surface area (Å²) in [6.45, 7) is 0. The average molecular weight is 198 g/mol. The van der Waals surface area contributed by atoms with Crippen LogP contribution in [0, 0.1) is 0 Å². The van der Waals surface area contributed by atoms with Gasteiger partial charge in [0, 0.05) is 31.3 Å². The van der Waals surface area contributed by atoms with Gasteiger partial charge < -0.3 is 15.3 Å². The summed E-state index contributed by atoms with van der Waals surface area (Å²) in [6.07, 6.45) is 0. The third-order valence-electron chi connectivity index (χ3n) is 0. The third kappa shape index (κ3) is 2880. The molecule has 0 amide bonds. The van der Waals surface area contributed by atoms with E-state index >= 15 is 0 Å². The Morgan fingerprint density at radius 1 is 0.700 bits per heavy atom. The third-order valence-corrected chi connectivity index (χ3v) is 0. The first-order chi connectivity index (χ1) is 3.00. The summed E-state index contributed by atoms with van der Waals surface area (Å²) in [5, 5.41) is 22.2. The van der Waals surface area contributed by atoms with E-state index in [1.54, 1.807) is 0 Å². The van der Waals surface area contributed by atoms with E-state index in [4.69, 9.17) is 15.3 Å². The number of rotatable bonds is 0. The molecule has 0 fully saturated rings. The van der Waals surface area contributed by atoms with Crippen LogP contribution in [0.3, 0.4) is 0 Å². The summed E-state index contributed by atoms with van der Waals surface area (Å²) < 4.78 is 0. The van der Waals surface area contributed by atoms with Gasteiger partial charge in [-0.25, -0.2) is 0 Å². The molecule has 0 aliphatic carbocycles. The van der Waals surface area contributed by atoms with Crippen molar-refractivity contribution in [3.63, 3.8) is 0 Å². The van der Waals surface area contributed by atoms with Crippen molar-refractivity contribution in [2.75, 3.05) is 21.3 Å². The Bertz CT molecular complexity index is 13.0. The summed E-state index contributed by atoms with van der Waals surface area (Å²) in [5.41, 5.74) is 0. The van der Waals surface area contributed by atoms with Crippen molar-refractivity contribution in [3.05, 3.63) is 0 Å². The summed E-state index contributed by atoms with van der Waals surface area (Å²) in [4.78, 5) is 0. The van der Waals surface area contributed by atoms with Crippen LogP contribution in [-0.2, 0) is 17.1 Å². The summed E-state index contributed by atoms with van der Waals surface area (Å²) in [7, 11) is 2.75. The first kappa shape index (κ1) is 79.5. The van der Waals surface area contributed by atoms with E-state index in [9.17, 15) is 0 Å². The molecule has 0 atom stereocenters. The maximum Gasteiger partial charge on any atom is 0.0319 e. The molecule has 0 aromatic heterocycles. The predicted octanol–water partition coefficient (Wildman–Crippen LogP) is 0.0993. The minimum Gasteiger partial charge on any atom is -0.857 e. The van der Waals surface area contributed by atoms with Gasteiger partial charge in [-0.05, 0) is 0 Å². The van der Waals surface area contributed by atoms with Gasteiger partial charge >= 0.3 is 0 Å². The van der Waals surface area contributed by atoms with Gasteiger partial charge in [0.15, 0.2) is 0 Å². The number of aliphatic hydroxyl groups is 2. The molecule has 0 aromatic carbocycles. The van der Waals surface area contributed by atoms with E-state index in [1.807, 2.05) is 0 Å². The Morgan fingerprint density at radius 2 is 0.700 bits per heavy atom. The van der Waals surface area contributed by atoms with Crippen molar-refractivity contribution >= 4 is 0 Å². The Kier molecular flexibility index (Phi) is 33000. The largest absolute Gasteiger partial charge is 0.857 e. The van der Waals surface area contributed by atoms with Gasteiger partial charge in [0.1, 0.15) is 0 Å². The molecule has 0 aliphatic rings. The fourth-order valence-corrected chi connectivity index (χ4v) is 0. The SMILES string of the molecule is C.C.C.CO.CO.C[O-].[Mn]. The molecule has 0 rings (SSSR count). The number of aliphatic hydroxyl groups excluding tert-OH is 2. The van der Waals surface area contributed by atoms with Crippen LogP contribution in [0.4, 0.5) is 0 Å².